The van der Waals surface area contributed by atoms with Gasteiger partial charge in [0.1, 0.15) is 0 Å². The minimum atomic E-state index is -0.842. The molecule has 0 aromatic carbocycles. The van der Waals surface area contributed by atoms with E-state index >= 15 is 0 Å². The topological polar surface area (TPSA) is 52.6 Å². The van der Waals surface area contributed by atoms with E-state index in [2.05, 4.69) is 5.32 Å². The van der Waals surface area contributed by atoms with Crippen LogP contribution in [0.25, 0.3) is 0 Å². The third-order valence-corrected chi connectivity index (χ3v) is 1.46. The van der Waals surface area contributed by atoms with Crippen LogP contribution >= 0.6 is 0 Å². The summed E-state index contributed by atoms with van der Waals surface area (Å²) in [5.41, 5.74) is 0. The number of hydrogen-bond acceptors (Lipinski definition) is 2. The highest BCUT2D eigenvalue weighted by Crippen LogP contribution is 1.86. The minimum Gasteiger partial charge on any atom is -0.465 e. The van der Waals surface area contributed by atoms with Gasteiger partial charge in [-0.3, -0.25) is 0 Å². The van der Waals surface area contributed by atoms with E-state index in [1.165, 1.54) is 4.90 Å². The van der Waals surface area contributed by atoms with E-state index in [0.29, 0.717) is 13.1 Å². The Labute approximate surface area is 67.2 Å². The van der Waals surface area contributed by atoms with Crippen LogP contribution in [0.3, 0.4) is 0 Å². The van der Waals surface area contributed by atoms with E-state index in [1.54, 1.807) is 0 Å². The maximum absolute atomic E-state index is 10.4. The zero-order chi connectivity index (χ0) is 8.69. The molecule has 0 aliphatic rings. The fourth-order valence-electron chi connectivity index (χ4n) is 0.780. The standard InChI is InChI=1S/C7H16N2O2/c1-3-8-5-6-9(4-2)7(10)11/h8H,3-6H2,1-2H3,(H,10,11). The van der Waals surface area contributed by atoms with Gasteiger partial charge in [-0.2, -0.15) is 0 Å². The van der Waals surface area contributed by atoms with Crippen molar-refractivity contribution in [3.63, 3.8) is 0 Å². The fraction of sp³-hybridized carbons (Fsp3) is 0.857. The molecular weight excluding hydrogens is 144 g/mol. The molecular formula is C7H16N2O2. The van der Waals surface area contributed by atoms with Crippen LogP contribution in [0.5, 0.6) is 0 Å². The van der Waals surface area contributed by atoms with Gasteiger partial charge in [0.25, 0.3) is 0 Å². The number of likely N-dealkylation sites (N-methyl/N-ethyl adjacent to an activating group) is 2. The quantitative estimate of drug-likeness (QED) is 0.579. The Kier molecular flexibility index (Phi) is 5.56. The van der Waals surface area contributed by atoms with E-state index in [1.807, 2.05) is 13.8 Å². The Bertz CT molecular complexity index is 117. The van der Waals surface area contributed by atoms with Crippen LogP contribution in [0.15, 0.2) is 0 Å². The monoisotopic (exact) mass is 160 g/mol. The fourth-order valence-corrected chi connectivity index (χ4v) is 0.780. The van der Waals surface area contributed by atoms with E-state index in [4.69, 9.17) is 5.11 Å². The number of amides is 1. The molecule has 0 spiro atoms. The second kappa shape index (κ2) is 5.97. The van der Waals surface area contributed by atoms with Crippen LogP contribution in [-0.2, 0) is 0 Å². The maximum Gasteiger partial charge on any atom is 0.407 e. The van der Waals surface area contributed by atoms with Crippen molar-refractivity contribution in [3.05, 3.63) is 0 Å². The van der Waals surface area contributed by atoms with Crippen molar-refractivity contribution in [2.45, 2.75) is 13.8 Å². The van der Waals surface area contributed by atoms with Crippen LogP contribution in [-0.4, -0.2) is 42.3 Å². The number of carboxylic acid groups (broad SMARTS) is 1. The van der Waals surface area contributed by atoms with E-state index in [0.717, 1.165) is 13.1 Å². The van der Waals surface area contributed by atoms with E-state index in [9.17, 15) is 4.79 Å². The number of hydrogen-bond donors (Lipinski definition) is 2. The zero-order valence-corrected chi connectivity index (χ0v) is 7.13. The summed E-state index contributed by atoms with van der Waals surface area (Å²) >= 11 is 0. The highest BCUT2D eigenvalue weighted by Gasteiger charge is 2.06. The lowest BCUT2D eigenvalue weighted by molar-refractivity contribution is 0.148. The number of nitrogens with zero attached hydrogens (tertiary/aromatic N) is 1. The minimum absolute atomic E-state index is 0.556. The molecule has 0 aliphatic heterocycles. The van der Waals surface area contributed by atoms with Crippen LogP contribution in [0.2, 0.25) is 0 Å². The highest BCUT2D eigenvalue weighted by molar-refractivity contribution is 5.64. The lowest BCUT2D eigenvalue weighted by Crippen LogP contribution is -2.35. The zero-order valence-electron chi connectivity index (χ0n) is 7.13. The second-order valence-electron chi connectivity index (χ2n) is 2.22. The Morgan fingerprint density at radius 1 is 1.55 bits per heavy atom. The molecule has 0 unspecified atom stereocenters. The number of nitrogens with one attached hydrogen (secondary N) is 1. The van der Waals surface area contributed by atoms with Gasteiger partial charge in [-0.1, -0.05) is 6.92 Å². The predicted molar refractivity (Wildman–Crippen MR) is 43.8 cm³/mol. The van der Waals surface area contributed by atoms with Crippen LogP contribution in [0.4, 0.5) is 4.79 Å². The van der Waals surface area contributed by atoms with E-state index < -0.39 is 6.09 Å². The Morgan fingerprint density at radius 3 is 2.55 bits per heavy atom. The number of carbonyl (C=O) groups is 1. The van der Waals surface area contributed by atoms with Crippen LogP contribution in [0.1, 0.15) is 13.8 Å². The van der Waals surface area contributed by atoms with Crippen molar-refractivity contribution < 1.29 is 9.90 Å². The maximum atomic E-state index is 10.4. The summed E-state index contributed by atoms with van der Waals surface area (Å²) in [5.74, 6) is 0. The molecule has 0 atom stereocenters. The summed E-state index contributed by atoms with van der Waals surface area (Å²) in [6.07, 6.45) is -0.842. The SMILES string of the molecule is CCNCCN(CC)C(=O)O. The molecule has 0 bridgehead atoms. The van der Waals surface area contributed by atoms with Gasteiger partial charge in [0.05, 0.1) is 0 Å². The van der Waals surface area contributed by atoms with Gasteiger partial charge in [0.15, 0.2) is 0 Å². The molecule has 4 heteroatoms. The number of rotatable bonds is 5. The first-order chi connectivity index (χ1) is 5.22. The van der Waals surface area contributed by atoms with Crippen molar-refractivity contribution in [2.24, 2.45) is 0 Å². The molecule has 0 heterocycles. The third-order valence-electron chi connectivity index (χ3n) is 1.46. The molecule has 0 rings (SSSR count). The van der Waals surface area contributed by atoms with Gasteiger partial charge < -0.3 is 15.3 Å². The first-order valence-corrected chi connectivity index (χ1v) is 3.91. The van der Waals surface area contributed by atoms with Gasteiger partial charge in [-0.05, 0) is 13.5 Å². The summed E-state index contributed by atoms with van der Waals surface area (Å²) < 4.78 is 0. The van der Waals surface area contributed by atoms with Crippen LogP contribution in [0, 0.1) is 0 Å². The average molecular weight is 160 g/mol. The molecule has 0 radical (unpaired) electrons. The van der Waals surface area contributed by atoms with Crippen molar-refractivity contribution in [2.75, 3.05) is 26.2 Å². The van der Waals surface area contributed by atoms with Crippen molar-refractivity contribution in [1.82, 2.24) is 10.2 Å². The van der Waals surface area contributed by atoms with Crippen LogP contribution < -0.4 is 5.32 Å². The summed E-state index contributed by atoms with van der Waals surface area (Å²) in [5, 5.41) is 11.6. The van der Waals surface area contributed by atoms with Crippen molar-refractivity contribution in [3.8, 4) is 0 Å². The predicted octanol–water partition coefficient (Wildman–Crippen LogP) is 0.596. The molecule has 0 aromatic heterocycles. The van der Waals surface area contributed by atoms with Gasteiger partial charge in [-0.25, -0.2) is 4.79 Å². The van der Waals surface area contributed by atoms with Gasteiger partial charge >= 0.3 is 6.09 Å². The summed E-state index contributed by atoms with van der Waals surface area (Å²) in [6.45, 7) is 6.57. The first-order valence-electron chi connectivity index (χ1n) is 3.91. The van der Waals surface area contributed by atoms with Gasteiger partial charge in [-0.15, -0.1) is 0 Å². The van der Waals surface area contributed by atoms with Gasteiger partial charge in [0.2, 0.25) is 0 Å². The molecule has 1 amide bonds. The lowest BCUT2D eigenvalue weighted by Gasteiger charge is -2.16. The van der Waals surface area contributed by atoms with Crippen molar-refractivity contribution in [1.29, 1.82) is 0 Å². The molecule has 2 N–H and O–H groups in total. The first kappa shape index (κ1) is 10.2. The molecule has 0 saturated carbocycles. The summed E-state index contributed by atoms with van der Waals surface area (Å²) in [6, 6.07) is 0. The summed E-state index contributed by atoms with van der Waals surface area (Å²) in [4.78, 5) is 11.8. The molecule has 0 aliphatic carbocycles. The molecule has 66 valence electrons. The molecule has 11 heavy (non-hydrogen) atoms. The summed E-state index contributed by atoms with van der Waals surface area (Å²) in [7, 11) is 0. The Morgan fingerprint density at radius 2 is 2.18 bits per heavy atom. The largest absolute Gasteiger partial charge is 0.465 e. The molecule has 0 saturated heterocycles. The van der Waals surface area contributed by atoms with E-state index in [-0.39, 0.29) is 0 Å². The normalized spacial score (nSPS) is 9.64. The Hall–Kier alpha value is -0.770. The average Bonchev–Trinajstić information content (AvgIpc) is 1.97. The third kappa shape index (κ3) is 4.61. The molecule has 4 nitrogen and oxygen atoms in total. The van der Waals surface area contributed by atoms with Crippen molar-refractivity contribution >= 4 is 6.09 Å². The molecule has 0 fully saturated rings. The Balaban J connectivity index is 3.44. The highest BCUT2D eigenvalue weighted by atomic mass is 16.4. The molecule has 0 aromatic rings. The lowest BCUT2D eigenvalue weighted by atomic mass is 10.5. The second-order valence-corrected chi connectivity index (χ2v) is 2.22. The van der Waals surface area contributed by atoms with Gasteiger partial charge in [0, 0.05) is 19.6 Å². The smallest absolute Gasteiger partial charge is 0.407 e.